The summed E-state index contributed by atoms with van der Waals surface area (Å²) in [6.45, 7) is 5.47. The number of aliphatic hydroxyl groups excluding tert-OH is 1. The minimum Gasteiger partial charge on any atom is -0.394 e. The summed E-state index contributed by atoms with van der Waals surface area (Å²) in [5.41, 5.74) is 1.05. The number of likely N-dealkylation sites (tertiary alicyclic amines) is 1. The predicted octanol–water partition coefficient (Wildman–Crippen LogP) is 4.02. The first kappa shape index (κ1) is 28.5. The quantitative estimate of drug-likeness (QED) is 0.496. The highest BCUT2D eigenvalue weighted by atomic mass is 32.2. The van der Waals surface area contributed by atoms with E-state index in [2.05, 4.69) is 38.2 Å². The third-order valence-electron chi connectivity index (χ3n) is 9.79. The Morgan fingerprint density at radius 2 is 1.73 bits per heavy atom. The van der Waals surface area contributed by atoms with Crippen LogP contribution in [0.1, 0.15) is 57.9 Å². The molecule has 7 nitrogen and oxygen atoms in total. The van der Waals surface area contributed by atoms with E-state index in [1.807, 2.05) is 40.1 Å². The number of amides is 3. The zero-order valence-electron chi connectivity index (χ0n) is 24.2. The number of aliphatic hydroxyl groups is 1. The van der Waals surface area contributed by atoms with E-state index in [1.165, 1.54) is 6.42 Å². The number of fused-ring (bicyclic) bond motifs is 2. The van der Waals surface area contributed by atoms with Gasteiger partial charge in [0.25, 0.3) is 0 Å². The molecule has 4 heterocycles. The first-order valence-electron chi connectivity index (χ1n) is 15.4. The van der Waals surface area contributed by atoms with Gasteiger partial charge in [-0.05, 0) is 30.7 Å². The lowest BCUT2D eigenvalue weighted by Gasteiger charge is -2.41. The van der Waals surface area contributed by atoms with E-state index in [1.54, 1.807) is 16.7 Å². The second kappa shape index (κ2) is 11.6. The van der Waals surface area contributed by atoms with Crippen molar-refractivity contribution in [2.24, 2.45) is 17.8 Å². The number of hydrogen-bond acceptors (Lipinski definition) is 5. The van der Waals surface area contributed by atoms with Gasteiger partial charge in [0.15, 0.2) is 0 Å². The van der Waals surface area contributed by atoms with Crippen molar-refractivity contribution in [3.63, 3.8) is 0 Å². The molecule has 0 bridgehead atoms. The van der Waals surface area contributed by atoms with Crippen LogP contribution in [0.3, 0.4) is 0 Å². The van der Waals surface area contributed by atoms with Crippen molar-refractivity contribution in [3.05, 3.63) is 60.2 Å². The molecule has 41 heavy (non-hydrogen) atoms. The van der Waals surface area contributed by atoms with Crippen molar-refractivity contribution < 1.29 is 19.5 Å². The van der Waals surface area contributed by atoms with Gasteiger partial charge in [0, 0.05) is 30.9 Å². The van der Waals surface area contributed by atoms with E-state index in [4.69, 9.17) is 0 Å². The number of rotatable bonds is 7. The summed E-state index contributed by atoms with van der Waals surface area (Å²) in [5, 5.41) is 10.4. The second-order valence-corrected chi connectivity index (χ2v) is 14.4. The third kappa shape index (κ3) is 4.95. The molecule has 6 atom stereocenters. The molecule has 1 unspecified atom stereocenters. The predicted molar refractivity (Wildman–Crippen MR) is 161 cm³/mol. The van der Waals surface area contributed by atoms with Crippen LogP contribution >= 0.6 is 11.8 Å². The molecular weight excluding hydrogens is 534 g/mol. The summed E-state index contributed by atoms with van der Waals surface area (Å²) >= 11 is 1.63. The summed E-state index contributed by atoms with van der Waals surface area (Å²) < 4.78 is -0.840. The smallest absolute Gasteiger partial charge is 0.247 e. The van der Waals surface area contributed by atoms with E-state index in [0.29, 0.717) is 26.1 Å². The SMILES string of the molecule is CC(C)C[C@H](CO)N1C(=O)[C@@H]2[C@@H]3C(=O)N(Cc4ccccc4)CC=C[C@@H]3S[C@@]23C=CCN(C2CCCCC2)C(=O)C13. The van der Waals surface area contributed by atoms with E-state index in [9.17, 15) is 19.5 Å². The molecule has 3 amide bonds. The minimum absolute atomic E-state index is 0.0125. The van der Waals surface area contributed by atoms with Gasteiger partial charge >= 0.3 is 0 Å². The highest BCUT2D eigenvalue weighted by Crippen LogP contribution is 2.61. The van der Waals surface area contributed by atoms with Crippen LogP contribution in [-0.2, 0) is 20.9 Å². The van der Waals surface area contributed by atoms with Crippen LogP contribution in [0.25, 0.3) is 0 Å². The first-order valence-corrected chi connectivity index (χ1v) is 16.3. The summed E-state index contributed by atoms with van der Waals surface area (Å²) in [7, 11) is 0. The lowest BCUT2D eigenvalue weighted by atomic mass is 9.78. The Morgan fingerprint density at radius 3 is 2.44 bits per heavy atom. The largest absolute Gasteiger partial charge is 0.394 e. The second-order valence-electron chi connectivity index (χ2n) is 12.9. The number of nitrogens with zero attached hydrogens (tertiary/aromatic N) is 3. The van der Waals surface area contributed by atoms with Crippen LogP contribution in [0, 0.1) is 17.8 Å². The highest BCUT2D eigenvalue weighted by Gasteiger charge is 2.71. The van der Waals surface area contributed by atoms with Crippen LogP contribution in [0.4, 0.5) is 0 Å². The summed E-state index contributed by atoms with van der Waals surface area (Å²) in [5.74, 6) is -1.15. The Hall–Kier alpha value is -2.58. The van der Waals surface area contributed by atoms with Crippen LogP contribution < -0.4 is 0 Å². The average molecular weight is 578 g/mol. The molecule has 0 aromatic heterocycles. The fourth-order valence-corrected chi connectivity index (χ4v) is 10.0. The normalized spacial score (nSPS) is 32.7. The van der Waals surface area contributed by atoms with Crippen molar-refractivity contribution in [1.82, 2.24) is 14.7 Å². The number of carbonyl (C=O) groups excluding carboxylic acids is 3. The first-order chi connectivity index (χ1) is 19.9. The molecule has 1 N–H and O–H groups in total. The van der Waals surface area contributed by atoms with Crippen LogP contribution in [-0.4, -0.2) is 85.3 Å². The van der Waals surface area contributed by atoms with Crippen molar-refractivity contribution in [1.29, 1.82) is 0 Å². The summed E-state index contributed by atoms with van der Waals surface area (Å²) in [6, 6.07) is 8.94. The zero-order valence-corrected chi connectivity index (χ0v) is 25.0. The molecule has 6 rings (SSSR count). The Kier molecular flexibility index (Phi) is 8.07. The lowest BCUT2D eigenvalue weighted by molar-refractivity contribution is -0.148. The third-order valence-corrected chi connectivity index (χ3v) is 11.5. The molecule has 8 heteroatoms. The molecule has 2 saturated heterocycles. The maximum Gasteiger partial charge on any atom is 0.247 e. The fourth-order valence-electron chi connectivity index (χ4n) is 8.03. The minimum atomic E-state index is -0.840. The molecule has 1 aromatic rings. The Balaban J connectivity index is 1.40. The van der Waals surface area contributed by atoms with Gasteiger partial charge in [0.05, 0.1) is 29.2 Å². The number of benzene rings is 1. The van der Waals surface area contributed by atoms with Gasteiger partial charge in [-0.25, -0.2) is 0 Å². The summed E-state index contributed by atoms with van der Waals surface area (Å²) in [6.07, 6.45) is 14.3. The maximum atomic E-state index is 14.7. The van der Waals surface area contributed by atoms with Crippen molar-refractivity contribution in [2.75, 3.05) is 19.7 Å². The summed E-state index contributed by atoms with van der Waals surface area (Å²) in [4.78, 5) is 49.2. The van der Waals surface area contributed by atoms with Crippen LogP contribution in [0.15, 0.2) is 54.6 Å². The average Bonchev–Trinajstić information content (AvgIpc) is 3.30. The van der Waals surface area contributed by atoms with Gasteiger partial charge in [0.1, 0.15) is 6.04 Å². The molecule has 4 aliphatic heterocycles. The van der Waals surface area contributed by atoms with Gasteiger partial charge in [-0.15, -0.1) is 11.8 Å². The van der Waals surface area contributed by atoms with Gasteiger partial charge in [-0.2, -0.15) is 0 Å². The van der Waals surface area contributed by atoms with Crippen molar-refractivity contribution in [3.8, 4) is 0 Å². The molecule has 1 spiro atoms. The number of thioether (sulfide) groups is 1. The number of hydrogen-bond donors (Lipinski definition) is 1. The van der Waals surface area contributed by atoms with Gasteiger partial charge in [0.2, 0.25) is 17.7 Å². The van der Waals surface area contributed by atoms with Crippen LogP contribution in [0.5, 0.6) is 0 Å². The zero-order chi connectivity index (χ0) is 28.7. The molecular formula is C33H43N3O4S. The molecule has 0 radical (unpaired) electrons. The van der Waals surface area contributed by atoms with E-state index in [-0.39, 0.29) is 41.5 Å². The molecule has 1 aromatic carbocycles. The van der Waals surface area contributed by atoms with Crippen molar-refractivity contribution in [2.45, 2.75) is 87.0 Å². The van der Waals surface area contributed by atoms with Gasteiger partial charge in [-0.3, -0.25) is 14.4 Å². The van der Waals surface area contributed by atoms with Crippen molar-refractivity contribution >= 4 is 29.5 Å². The van der Waals surface area contributed by atoms with Gasteiger partial charge < -0.3 is 19.8 Å². The van der Waals surface area contributed by atoms with E-state index < -0.39 is 28.7 Å². The Labute approximate surface area is 248 Å². The Morgan fingerprint density at radius 1 is 0.976 bits per heavy atom. The lowest BCUT2D eigenvalue weighted by Crippen LogP contribution is -2.58. The fraction of sp³-hybridized carbons (Fsp3) is 0.606. The van der Waals surface area contributed by atoms with E-state index >= 15 is 0 Å². The van der Waals surface area contributed by atoms with Gasteiger partial charge in [-0.1, -0.05) is 87.7 Å². The molecule has 1 saturated carbocycles. The molecule has 3 fully saturated rings. The molecule has 5 aliphatic rings. The monoisotopic (exact) mass is 577 g/mol. The highest BCUT2D eigenvalue weighted by molar-refractivity contribution is 8.02. The van der Waals surface area contributed by atoms with E-state index in [0.717, 1.165) is 31.2 Å². The molecule has 1 aliphatic carbocycles. The maximum absolute atomic E-state index is 14.7. The standard InChI is InChI=1S/C33H43N3O4S/c1-22(2)19-25(21-37)36-29-32(40)35(24-13-7-4-8-14-24)18-10-16-33(29)28(31(36)39)27-26(41-33)15-9-17-34(30(27)38)20-23-11-5-3-6-12-23/h3,5-6,9-12,15-16,22,24-29,37H,4,7-8,13-14,17-21H2,1-2H3/t25-,26+,27-,28+,29?,33+/m1/s1. The molecule has 220 valence electrons. The number of carbonyl (C=O) groups is 3. The topological polar surface area (TPSA) is 81.2 Å². The van der Waals surface area contributed by atoms with Crippen LogP contribution in [0.2, 0.25) is 0 Å². The Bertz CT molecular complexity index is 1210.